The minimum atomic E-state index is -0.404. The van der Waals surface area contributed by atoms with E-state index in [1.165, 1.54) is 31.6 Å². The fourth-order valence-electron chi connectivity index (χ4n) is 1.88. The third-order valence-electron chi connectivity index (χ3n) is 2.73. The molecule has 1 N–H and O–H groups in total. The van der Waals surface area contributed by atoms with Gasteiger partial charge in [0.1, 0.15) is 11.4 Å². The minimum Gasteiger partial charge on any atom is -0.489 e. The summed E-state index contributed by atoms with van der Waals surface area (Å²) in [5, 5.41) is 0.596. The van der Waals surface area contributed by atoms with E-state index in [9.17, 15) is 9.18 Å². The SMILES string of the molecule is COc1c(-c2cc3cc(F)ccc3o2)nc[nH]c1=O. The van der Waals surface area contributed by atoms with Crippen LogP contribution in [0, 0.1) is 5.82 Å². The number of hydrogen-bond donors (Lipinski definition) is 1. The number of nitrogens with one attached hydrogen (secondary N) is 1. The number of furan rings is 1. The van der Waals surface area contributed by atoms with E-state index in [4.69, 9.17) is 9.15 Å². The van der Waals surface area contributed by atoms with Crippen LogP contribution >= 0.6 is 0 Å². The molecular weight excluding hydrogens is 251 g/mol. The normalized spacial score (nSPS) is 10.8. The number of aromatic amines is 1. The smallest absolute Gasteiger partial charge is 0.293 e. The number of methoxy groups -OCH3 is 1. The predicted molar refractivity (Wildman–Crippen MR) is 66.6 cm³/mol. The highest BCUT2D eigenvalue weighted by atomic mass is 19.1. The number of nitrogens with zero attached hydrogens (tertiary/aromatic N) is 1. The lowest BCUT2D eigenvalue weighted by Crippen LogP contribution is -2.10. The number of aromatic nitrogens is 2. The molecular formula is C13H9FN2O3. The van der Waals surface area contributed by atoms with Crippen LogP contribution in [0.4, 0.5) is 4.39 Å². The van der Waals surface area contributed by atoms with Gasteiger partial charge < -0.3 is 14.1 Å². The molecule has 0 bridgehead atoms. The number of hydrogen-bond acceptors (Lipinski definition) is 4. The second kappa shape index (κ2) is 4.24. The zero-order valence-corrected chi connectivity index (χ0v) is 9.94. The Morgan fingerprint density at radius 2 is 2.21 bits per heavy atom. The van der Waals surface area contributed by atoms with E-state index in [1.807, 2.05) is 0 Å². The Balaban J connectivity index is 2.25. The van der Waals surface area contributed by atoms with E-state index < -0.39 is 5.56 Å². The second-order valence-electron chi connectivity index (χ2n) is 3.91. The van der Waals surface area contributed by atoms with Gasteiger partial charge in [-0.3, -0.25) is 4.79 Å². The summed E-state index contributed by atoms with van der Waals surface area (Å²) in [5.74, 6) is 0.0521. The zero-order valence-electron chi connectivity index (χ0n) is 9.94. The average molecular weight is 260 g/mol. The van der Waals surface area contributed by atoms with Crippen molar-refractivity contribution in [2.24, 2.45) is 0 Å². The summed E-state index contributed by atoms with van der Waals surface area (Å²) in [6.07, 6.45) is 1.26. The van der Waals surface area contributed by atoms with Gasteiger partial charge in [0.2, 0.25) is 5.75 Å². The van der Waals surface area contributed by atoms with Crippen LogP contribution in [0.5, 0.6) is 5.75 Å². The Hall–Kier alpha value is -2.63. The molecule has 0 fully saturated rings. The minimum absolute atomic E-state index is 0.0574. The van der Waals surface area contributed by atoms with Gasteiger partial charge in [-0.15, -0.1) is 0 Å². The molecule has 2 aromatic heterocycles. The molecule has 96 valence electrons. The Kier molecular flexibility index (Phi) is 2.56. The van der Waals surface area contributed by atoms with Gasteiger partial charge in [-0.25, -0.2) is 9.37 Å². The highest BCUT2D eigenvalue weighted by Crippen LogP contribution is 2.30. The van der Waals surface area contributed by atoms with Gasteiger partial charge in [0, 0.05) is 5.39 Å². The van der Waals surface area contributed by atoms with Crippen molar-refractivity contribution in [3.05, 3.63) is 46.8 Å². The van der Waals surface area contributed by atoms with Crippen LogP contribution in [0.2, 0.25) is 0 Å². The van der Waals surface area contributed by atoms with Crippen molar-refractivity contribution in [1.82, 2.24) is 9.97 Å². The fraction of sp³-hybridized carbons (Fsp3) is 0.0769. The monoisotopic (exact) mass is 260 g/mol. The molecule has 0 saturated heterocycles. The molecule has 2 heterocycles. The van der Waals surface area contributed by atoms with Crippen molar-refractivity contribution >= 4 is 11.0 Å². The first-order chi connectivity index (χ1) is 9.19. The molecule has 0 spiro atoms. The molecule has 6 heteroatoms. The summed E-state index contributed by atoms with van der Waals surface area (Å²) in [6.45, 7) is 0. The Bertz CT molecular complexity index is 807. The molecule has 0 radical (unpaired) electrons. The van der Waals surface area contributed by atoms with Crippen molar-refractivity contribution in [3.63, 3.8) is 0 Å². The highest BCUT2D eigenvalue weighted by Gasteiger charge is 2.15. The Morgan fingerprint density at radius 1 is 1.37 bits per heavy atom. The van der Waals surface area contributed by atoms with Crippen LogP contribution in [0.3, 0.4) is 0 Å². The number of halogens is 1. The summed E-state index contributed by atoms with van der Waals surface area (Å²) in [4.78, 5) is 18.0. The average Bonchev–Trinajstić information content (AvgIpc) is 2.81. The van der Waals surface area contributed by atoms with Gasteiger partial charge in [0.05, 0.1) is 13.4 Å². The van der Waals surface area contributed by atoms with Crippen molar-refractivity contribution in [3.8, 4) is 17.2 Å². The van der Waals surface area contributed by atoms with E-state index in [0.717, 1.165) is 0 Å². The molecule has 3 aromatic rings. The molecule has 0 aliphatic heterocycles. The number of benzene rings is 1. The molecule has 0 amide bonds. The Morgan fingerprint density at radius 3 is 3.00 bits per heavy atom. The van der Waals surface area contributed by atoms with E-state index in [1.54, 1.807) is 6.07 Å². The maximum absolute atomic E-state index is 13.1. The quantitative estimate of drug-likeness (QED) is 0.767. The topological polar surface area (TPSA) is 68.1 Å². The van der Waals surface area contributed by atoms with E-state index in [-0.39, 0.29) is 17.3 Å². The predicted octanol–water partition coefficient (Wildman–Crippen LogP) is 2.33. The third-order valence-corrected chi connectivity index (χ3v) is 2.73. The van der Waals surface area contributed by atoms with Crippen LogP contribution < -0.4 is 10.3 Å². The number of rotatable bonds is 2. The van der Waals surface area contributed by atoms with Gasteiger partial charge in [0.25, 0.3) is 5.56 Å². The third kappa shape index (κ3) is 1.87. The van der Waals surface area contributed by atoms with E-state index >= 15 is 0 Å². The van der Waals surface area contributed by atoms with Gasteiger partial charge in [-0.2, -0.15) is 0 Å². The molecule has 19 heavy (non-hydrogen) atoms. The first-order valence-electron chi connectivity index (χ1n) is 5.50. The lowest BCUT2D eigenvalue weighted by molar-refractivity contribution is 0.406. The van der Waals surface area contributed by atoms with Crippen LogP contribution in [0.15, 0.2) is 39.8 Å². The fourth-order valence-corrected chi connectivity index (χ4v) is 1.88. The van der Waals surface area contributed by atoms with Crippen molar-refractivity contribution in [2.45, 2.75) is 0 Å². The molecule has 0 aliphatic rings. The molecule has 0 saturated carbocycles. The maximum atomic E-state index is 13.1. The lowest BCUT2D eigenvalue weighted by Gasteiger charge is -2.02. The summed E-state index contributed by atoms with van der Waals surface area (Å²) < 4.78 is 23.7. The molecule has 0 aliphatic carbocycles. The summed E-state index contributed by atoms with van der Waals surface area (Å²) in [7, 11) is 1.37. The van der Waals surface area contributed by atoms with Crippen LogP contribution in [-0.4, -0.2) is 17.1 Å². The molecule has 3 rings (SSSR count). The van der Waals surface area contributed by atoms with E-state index in [2.05, 4.69) is 9.97 Å². The van der Waals surface area contributed by atoms with Crippen LogP contribution in [0.25, 0.3) is 22.4 Å². The van der Waals surface area contributed by atoms with Crippen LogP contribution in [0.1, 0.15) is 0 Å². The first-order valence-corrected chi connectivity index (χ1v) is 5.50. The molecule has 5 nitrogen and oxygen atoms in total. The van der Waals surface area contributed by atoms with Gasteiger partial charge in [0.15, 0.2) is 11.5 Å². The van der Waals surface area contributed by atoms with Crippen molar-refractivity contribution in [2.75, 3.05) is 7.11 Å². The van der Waals surface area contributed by atoms with Crippen molar-refractivity contribution in [1.29, 1.82) is 0 Å². The zero-order chi connectivity index (χ0) is 13.4. The highest BCUT2D eigenvalue weighted by molar-refractivity contribution is 5.83. The number of H-pyrrole nitrogens is 1. The Labute approximate surface area is 106 Å². The second-order valence-corrected chi connectivity index (χ2v) is 3.91. The molecule has 0 unspecified atom stereocenters. The largest absolute Gasteiger partial charge is 0.489 e. The first kappa shape index (κ1) is 11.5. The van der Waals surface area contributed by atoms with Crippen molar-refractivity contribution < 1.29 is 13.5 Å². The molecule has 1 aromatic carbocycles. The van der Waals surface area contributed by atoms with Gasteiger partial charge in [-0.05, 0) is 24.3 Å². The summed E-state index contributed by atoms with van der Waals surface area (Å²) in [5.41, 5.74) is 0.391. The standard InChI is InChI=1S/C13H9FN2O3/c1-18-12-11(15-6-16-13(12)17)10-5-7-4-8(14)2-3-9(7)19-10/h2-6H,1H3,(H,15,16,17). The lowest BCUT2D eigenvalue weighted by atomic mass is 10.2. The number of fused-ring (bicyclic) bond motifs is 1. The number of ether oxygens (including phenoxy) is 1. The van der Waals surface area contributed by atoms with E-state index in [0.29, 0.717) is 16.7 Å². The maximum Gasteiger partial charge on any atom is 0.293 e. The molecule has 0 atom stereocenters. The van der Waals surface area contributed by atoms with Gasteiger partial charge >= 0.3 is 0 Å². The van der Waals surface area contributed by atoms with Crippen LogP contribution in [-0.2, 0) is 0 Å². The van der Waals surface area contributed by atoms with Gasteiger partial charge in [-0.1, -0.05) is 0 Å². The summed E-state index contributed by atoms with van der Waals surface area (Å²) in [6, 6.07) is 5.79. The summed E-state index contributed by atoms with van der Waals surface area (Å²) >= 11 is 0.